The minimum atomic E-state index is -4.39. The minimum absolute atomic E-state index is 0.0366. The molecule has 0 aromatic heterocycles. The van der Waals surface area contributed by atoms with E-state index in [9.17, 15) is 17.6 Å². The van der Waals surface area contributed by atoms with Gasteiger partial charge in [0.15, 0.2) is 0 Å². The van der Waals surface area contributed by atoms with Gasteiger partial charge in [0.1, 0.15) is 11.3 Å². The molecular formula is C16H13F4N3S. The second-order valence-electron chi connectivity index (χ2n) is 5.15. The number of hydrogen-bond donors (Lipinski definition) is 3. The van der Waals surface area contributed by atoms with Gasteiger partial charge in [-0.15, -0.1) is 0 Å². The summed E-state index contributed by atoms with van der Waals surface area (Å²) in [6, 6.07) is 9.33. The van der Waals surface area contributed by atoms with Gasteiger partial charge in [-0.3, -0.25) is 0 Å². The van der Waals surface area contributed by atoms with Crippen molar-refractivity contribution < 1.29 is 17.6 Å². The molecule has 3 nitrogen and oxygen atoms in total. The van der Waals surface area contributed by atoms with Crippen molar-refractivity contribution in [3.63, 3.8) is 0 Å². The van der Waals surface area contributed by atoms with Gasteiger partial charge in [-0.25, -0.2) is 4.39 Å². The maximum Gasteiger partial charge on any atom is 0.416 e. The Hall–Kier alpha value is -2.35. The molecular weight excluding hydrogens is 342 g/mol. The fourth-order valence-electron chi connectivity index (χ4n) is 2.21. The molecule has 2 aromatic carbocycles. The first kappa shape index (κ1) is 16.5. The number of rotatable bonds is 3. The second-order valence-corrected chi connectivity index (χ2v) is 6.13. The number of nitrogen functional groups attached to an aromatic ring is 1. The molecule has 0 radical (unpaired) electrons. The third kappa shape index (κ3) is 3.59. The highest BCUT2D eigenvalue weighted by atomic mass is 32.2. The lowest BCUT2D eigenvalue weighted by Gasteiger charge is -2.17. The van der Waals surface area contributed by atoms with Crippen LogP contribution in [0.25, 0.3) is 5.70 Å². The van der Waals surface area contributed by atoms with Crippen molar-refractivity contribution >= 4 is 28.8 Å². The highest BCUT2D eigenvalue weighted by molar-refractivity contribution is 8.03. The van der Waals surface area contributed by atoms with Gasteiger partial charge < -0.3 is 16.4 Å². The summed E-state index contributed by atoms with van der Waals surface area (Å²) in [6.45, 7) is 0. The SMILES string of the molecule is Nc1cc(C2=CSC(Nc3cccc(C(F)(F)F)c3)N2)ccc1F. The van der Waals surface area contributed by atoms with Crippen LogP contribution in [0, 0.1) is 5.82 Å². The van der Waals surface area contributed by atoms with E-state index in [0.717, 1.165) is 17.8 Å². The van der Waals surface area contributed by atoms with Crippen molar-refractivity contribution in [2.75, 3.05) is 11.1 Å². The zero-order valence-corrected chi connectivity index (χ0v) is 13.0. The Morgan fingerprint density at radius 2 is 1.92 bits per heavy atom. The highest BCUT2D eigenvalue weighted by Gasteiger charge is 2.30. The van der Waals surface area contributed by atoms with Crippen LogP contribution in [0.1, 0.15) is 11.1 Å². The summed E-state index contributed by atoms with van der Waals surface area (Å²) in [5.74, 6) is -0.497. The Kier molecular flexibility index (Phi) is 4.31. The minimum Gasteiger partial charge on any atom is -0.396 e. The fraction of sp³-hybridized carbons (Fsp3) is 0.125. The zero-order valence-electron chi connectivity index (χ0n) is 12.2. The number of thioether (sulfide) groups is 1. The van der Waals surface area contributed by atoms with Gasteiger partial charge in [-0.1, -0.05) is 17.8 Å². The number of halogens is 4. The van der Waals surface area contributed by atoms with Crippen molar-refractivity contribution in [1.82, 2.24) is 5.32 Å². The van der Waals surface area contributed by atoms with Crippen molar-refractivity contribution in [2.24, 2.45) is 0 Å². The van der Waals surface area contributed by atoms with E-state index in [0.29, 0.717) is 11.3 Å². The molecule has 0 amide bonds. The van der Waals surface area contributed by atoms with Gasteiger partial charge >= 0.3 is 6.18 Å². The van der Waals surface area contributed by atoms with Gasteiger partial charge in [0.2, 0.25) is 0 Å². The van der Waals surface area contributed by atoms with Gasteiger partial charge in [0, 0.05) is 11.3 Å². The van der Waals surface area contributed by atoms with Crippen LogP contribution in [0.15, 0.2) is 47.9 Å². The Labute approximate surface area is 139 Å². The highest BCUT2D eigenvalue weighted by Crippen LogP contribution is 2.33. The molecule has 8 heteroatoms. The van der Waals surface area contributed by atoms with E-state index in [2.05, 4.69) is 10.6 Å². The maximum atomic E-state index is 13.2. The van der Waals surface area contributed by atoms with E-state index in [1.807, 2.05) is 0 Å². The molecule has 0 spiro atoms. The van der Waals surface area contributed by atoms with E-state index < -0.39 is 17.6 Å². The average Bonchev–Trinajstić information content (AvgIpc) is 2.98. The van der Waals surface area contributed by atoms with Crippen molar-refractivity contribution in [1.29, 1.82) is 0 Å². The largest absolute Gasteiger partial charge is 0.416 e. The second kappa shape index (κ2) is 6.27. The van der Waals surface area contributed by atoms with Crippen molar-refractivity contribution in [2.45, 2.75) is 11.7 Å². The number of alkyl halides is 3. The average molecular weight is 355 g/mol. The Balaban J connectivity index is 1.68. The molecule has 1 aliphatic rings. The smallest absolute Gasteiger partial charge is 0.396 e. The topological polar surface area (TPSA) is 50.1 Å². The summed E-state index contributed by atoms with van der Waals surface area (Å²) < 4.78 is 51.4. The summed E-state index contributed by atoms with van der Waals surface area (Å²) in [5, 5.41) is 7.89. The number of anilines is 2. The molecule has 0 fully saturated rings. The van der Waals surface area contributed by atoms with Crippen LogP contribution < -0.4 is 16.4 Å². The van der Waals surface area contributed by atoms with Crippen LogP contribution in [-0.4, -0.2) is 5.50 Å². The van der Waals surface area contributed by atoms with Gasteiger partial charge in [0.25, 0.3) is 0 Å². The molecule has 0 bridgehead atoms. The number of nitrogens with one attached hydrogen (secondary N) is 2. The van der Waals surface area contributed by atoms with E-state index in [4.69, 9.17) is 5.73 Å². The first-order valence-corrected chi connectivity index (χ1v) is 7.88. The van der Waals surface area contributed by atoms with E-state index in [-0.39, 0.29) is 11.2 Å². The Bertz CT molecular complexity index is 789. The van der Waals surface area contributed by atoms with E-state index in [1.54, 1.807) is 17.5 Å². The molecule has 1 atom stereocenters. The Morgan fingerprint density at radius 3 is 2.62 bits per heavy atom. The van der Waals surface area contributed by atoms with Gasteiger partial charge in [0.05, 0.1) is 16.9 Å². The van der Waals surface area contributed by atoms with Crippen LogP contribution in [0.3, 0.4) is 0 Å². The van der Waals surface area contributed by atoms with E-state index >= 15 is 0 Å². The third-order valence-corrected chi connectivity index (χ3v) is 4.28. The van der Waals surface area contributed by atoms with Crippen molar-refractivity contribution in [3.8, 4) is 0 Å². The molecule has 3 rings (SSSR count). The molecule has 0 aliphatic carbocycles. The van der Waals surface area contributed by atoms with Crippen LogP contribution in [0.4, 0.5) is 28.9 Å². The van der Waals surface area contributed by atoms with Gasteiger partial charge in [-0.05, 0) is 41.8 Å². The molecule has 0 saturated carbocycles. The summed E-state index contributed by atoms with van der Waals surface area (Å²) in [7, 11) is 0. The lowest BCUT2D eigenvalue weighted by Crippen LogP contribution is -2.28. The molecule has 126 valence electrons. The number of hydrogen-bond acceptors (Lipinski definition) is 4. The quantitative estimate of drug-likeness (QED) is 0.562. The number of nitrogens with two attached hydrogens (primary N) is 1. The summed E-state index contributed by atoms with van der Waals surface area (Å²) in [5.41, 5.74) is 6.30. The summed E-state index contributed by atoms with van der Waals surface area (Å²) >= 11 is 1.36. The number of benzene rings is 2. The summed E-state index contributed by atoms with van der Waals surface area (Å²) in [4.78, 5) is 0. The standard InChI is InChI=1S/C16H13F4N3S/c17-12-5-4-9(6-13(12)21)14-8-24-15(23-14)22-11-3-1-2-10(7-11)16(18,19)20/h1-8,15,22-23H,21H2. The predicted octanol–water partition coefficient (Wildman–Crippen LogP) is 4.46. The molecule has 24 heavy (non-hydrogen) atoms. The lowest BCUT2D eigenvalue weighted by molar-refractivity contribution is -0.137. The molecule has 1 aliphatic heterocycles. The molecule has 0 saturated heterocycles. The molecule has 1 unspecified atom stereocenters. The van der Waals surface area contributed by atoms with Crippen LogP contribution in [-0.2, 0) is 6.18 Å². The zero-order chi connectivity index (χ0) is 17.3. The van der Waals surface area contributed by atoms with Gasteiger partial charge in [-0.2, -0.15) is 13.2 Å². The van der Waals surface area contributed by atoms with Crippen LogP contribution in [0.5, 0.6) is 0 Å². The molecule has 1 heterocycles. The Morgan fingerprint density at radius 1 is 1.12 bits per heavy atom. The third-order valence-electron chi connectivity index (χ3n) is 3.40. The first-order chi connectivity index (χ1) is 11.3. The molecule has 4 N–H and O–H groups in total. The maximum absolute atomic E-state index is 13.2. The monoisotopic (exact) mass is 355 g/mol. The first-order valence-electron chi connectivity index (χ1n) is 6.94. The van der Waals surface area contributed by atoms with Crippen LogP contribution >= 0.6 is 11.8 Å². The van der Waals surface area contributed by atoms with E-state index in [1.165, 1.54) is 30.0 Å². The summed E-state index contributed by atoms with van der Waals surface area (Å²) in [6.07, 6.45) is -4.39. The van der Waals surface area contributed by atoms with Crippen molar-refractivity contribution in [3.05, 3.63) is 64.8 Å². The predicted molar refractivity (Wildman–Crippen MR) is 88.4 cm³/mol. The fourth-order valence-corrected chi connectivity index (χ4v) is 3.09. The van der Waals surface area contributed by atoms with Crippen LogP contribution in [0.2, 0.25) is 0 Å². The lowest BCUT2D eigenvalue weighted by atomic mass is 10.1. The normalized spacial score (nSPS) is 17.3. The molecule has 2 aromatic rings.